The van der Waals surface area contributed by atoms with E-state index in [1.807, 2.05) is 0 Å². The molecule has 0 aliphatic carbocycles. The Morgan fingerprint density at radius 2 is 2.23 bits per heavy atom. The molecule has 0 aliphatic rings. The Kier molecular flexibility index (Phi) is 2.59. The minimum Gasteiger partial charge on any atom is -0.464 e. The van der Waals surface area contributed by atoms with Gasteiger partial charge in [-0.15, -0.1) is 0 Å². The first-order valence-corrected chi connectivity index (χ1v) is 3.45. The topological polar surface area (TPSA) is 76.2 Å². The largest absolute Gasteiger partial charge is 0.464 e. The number of nitrogens with one attached hydrogen (secondary N) is 1. The summed E-state index contributed by atoms with van der Waals surface area (Å²) in [4.78, 5) is 34.6. The zero-order chi connectivity index (χ0) is 9.84. The number of carbonyl (C=O) groups is 2. The number of methoxy groups -OCH3 is 1. The second kappa shape index (κ2) is 3.66. The van der Waals surface area contributed by atoms with E-state index in [0.29, 0.717) is 6.29 Å². The van der Waals surface area contributed by atoms with Gasteiger partial charge in [-0.25, -0.2) is 4.79 Å². The van der Waals surface area contributed by atoms with E-state index in [2.05, 4.69) is 9.72 Å². The standard InChI is InChI=1S/C8H7NO4/c1-13-8(12)7-3-6(11)2-5(4-10)9-7/h2-4H,1H3,(H,9,11). The fourth-order valence-electron chi connectivity index (χ4n) is 0.848. The highest BCUT2D eigenvalue weighted by molar-refractivity contribution is 5.88. The average molecular weight is 181 g/mol. The minimum atomic E-state index is -0.680. The molecule has 1 N–H and O–H groups in total. The Hall–Kier alpha value is -1.91. The number of aromatic amines is 1. The van der Waals surface area contributed by atoms with E-state index in [-0.39, 0.29) is 11.4 Å². The van der Waals surface area contributed by atoms with Gasteiger partial charge in [-0.1, -0.05) is 0 Å². The predicted octanol–water partition coefficient (Wildman–Crippen LogP) is -0.0260. The van der Waals surface area contributed by atoms with Gasteiger partial charge < -0.3 is 9.72 Å². The second-order valence-corrected chi connectivity index (χ2v) is 2.29. The number of ether oxygens (including phenoxy) is 1. The number of rotatable bonds is 2. The van der Waals surface area contributed by atoms with E-state index in [0.717, 1.165) is 12.1 Å². The first-order chi connectivity index (χ1) is 6.17. The molecule has 0 bridgehead atoms. The Morgan fingerprint density at radius 3 is 2.77 bits per heavy atom. The van der Waals surface area contributed by atoms with Gasteiger partial charge in [-0.2, -0.15) is 0 Å². The lowest BCUT2D eigenvalue weighted by atomic mass is 10.3. The molecular weight excluding hydrogens is 174 g/mol. The summed E-state index contributed by atoms with van der Waals surface area (Å²) in [6, 6.07) is 2.16. The van der Waals surface area contributed by atoms with Crippen molar-refractivity contribution in [2.45, 2.75) is 0 Å². The first kappa shape index (κ1) is 9.18. The second-order valence-electron chi connectivity index (χ2n) is 2.29. The summed E-state index contributed by atoms with van der Waals surface area (Å²) in [5, 5.41) is 0. The Morgan fingerprint density at radius 1 is 1.54 bits per heavy atom. The number of pyridine rings is 1. The van der Waals surface area contributed by atoms with Gasteiger partial charge in [0, 0.05) is 12.1 Å². The quantitative estimate of drug-likeness (QED) is 0.513. The lowest BCUT2D eigenvalue weighted by molar-refractivity contribution is 0.0594. The highest BCUT2D eigenvalue weighted by Gasteiger charge is 2.07. The monoisotopic (exact) mass is 181 g/mol. The summed E-state index contributed by atoms with van der Waals surface area (Å²) in [7, 11) is 1.19. The van der Waals surface area contributed by atoms with Crippen molar-refractivity contribution in [1.29, 1.82) is 0 Å². The SMILES string of the molecule is COC(=O)c1cc(=O)cc(C=O)[nH]1. The fourth-order valence-corrected chi connectivity index (χ4v) is 0.848. The average Bonchev–Trinajstić information content (AvgIpc) is 2.15. The molecular formula is C8H7NO4. The third kappa shape index (κ3) is 2.02. The van der Waals surface area contributed by atoms with Crippen LogP contribution in [0.1, 0.15) is 21.0 Å². The third-order valence-corrected chi connectivity index (χ3v) is 1.40. The number of hydrogen-bond donors (Lipinski definition) is 1. The van der Waals surface area contributed by atoms with Gasteiger partial charge in [0.2, 0.25) is 0 Å². The van der Waals surface area contributed by atoms with Crippen LogP contribution in [0.3, 0.4) is 0 Å². The molecule has 0 fully saturated rings. The number of esters is 1. The number of aldehydes is 1. The van der Waals surface area contributed by atoms with Crippen LogP contribution < -0.4 is 5.43 Å². The summed E-state index contributed by atoms with van der Waals surface area (Å²) in [5.41, 5.74) is -0.397. The normalized spacial score (nSPS) is 9.31. The van der Waals surface area contributed by atoms with Crippen molar-refractivity contribution in [2.24, 2.45) is 0 Å². The smallest absolute Gasteiger partial charge is 0.354 e. The van der Waals surface area contributed by atoms with E-state index in [1.54, 1.807) is 0 Å². The van der Waals surface area contributed by atoms with Crippen molar-refractivity contribution in [1.82, 2.24) is 4.98 Å². The molecule has 1 heterocycles. The van der Waals surface area contributed by atoms with E-state index < -0.39 is 11.4 Å². The molecule has 5 heteroatoms. The molecule has 68 valence electrons. The van der Waals surface area contributed by atoms with Gasteiger partial charge in [0.05, 0.1) is 12.8 Å². The highest BCUT2D eigenvalue weighted by Crippen LogP contribution is 1.94. The van der Waals surface area contributed by atoms with Crippen LogP contribution in [0.15, 0.2) is 16.9 Å². The fraction of sp³-hybridized carbons (Fsp3) is 0.125. The molecule has 0 unspecified atom stereocenters. The molecule has 5 nitrogen and oxygen atoms in total. The Balaban J connectivity index is 3.23. The molecule has 1 aromatic rings. The van der Waals surface area contributed by atoms with E-state index in [4.69, 9.17) is 0 Å². The molecule has 0 radical (unpaired) electrons. The van der Waals surface area contributed by atoms with E-state index in [1.165, 1.54) is 7.11 Å². The highest BCUT2D eigenvalue weighted by atomic mass is 16.5. The van der Waals surface area contributed by atoms with Gasteiger partial charge >= 0.3 is 5.97 Å². The van der Waals surface area contributed by atoms with Crippen LogP contribution in [0, 0.1) is 0 Å². The molecule has 0 atom stereocenters. The van der Waals surface area contributed by atoms with Gasteiger partial charge in [0.1, 0.15) is 5.69 Å². The van der Waals surface area contributed by atoms with Crippen LogP contribution in [0.25, 0.3) is 0 Å². The molecule has 0 aromatic carbocycles. The van der Waals surface area contributed by atoms with Crippen molar-refractivity contribution >= 4 is 12.3 Å². The molecule has 0 saturated heterocycles. The molecule has 0 saturated carbocycles. The van der Waals surface area contributed by atoms with Gasteiger partial charge in [-0.3, -0.25) is 9.59 Å². The Bertz CT molecular complexity index is 393. The van der Waals surface area contributed by atoms with Gasteiger partial charge in [0.25, 0.3) is 0 Å². The number of carbonyl (C=O) groups excluding carboxylic acids is 2. The van der Waals surface area contributed by atoms with Crippen LogP contribution in [0.2, 0.25) is 0 Å². The zero-order valence-electron chi connectivity index (χ0n) is 6.87. The summed E-state index contributed by atoms with van der Waals surface area (Å²) in [6.45, 7) is 0. The number of hydrogen-bond acceptors (Lipinski definition) is 4. The van der Waals surface area contributed by atoms with Crippen LogP contribution in [-0.4, -0.2) is 24.3 Å². The van der Waals surface area contributed by atoms with Crippen LogP contribution >= 0.6 is 0 Å². The lowest BCUT2D eigenvalue weighted by Gasteiger charge is -1.98. The molecule has 13 heavy (non-hydrogen) atoms. The summed E-state index contributed by atoms with van der Waals surface area (Å²) < 4.78 is 4.37. The van der Waals surface area contributed by atoms with Crippen molar-refractivity contribution in [2.75, 3.05) is 7.11 Å². The number of H-pyrrole nitrogens is 1. The first-order valence-electron chi connectivity index (χ1n) is 3.45. The summed E-state index contributed by atoms with van der Waals surface area (Å²) in [5.74, 6) is -0.680. The van der Waals surface area contributed by atoms with Crippen LogP contribution in [0.4, 0.5) is 0 Å². The third-order valence-electron chi connectivity index (χ3n) is 1.40. The van der Waals surface area contributed by atoms with Crippen molar-refractivity contribution in [3.63, 3.8) is 0 Å². The predicted molar refractivity (Wildman–Crippen MR) is 43.8 cm³/mol. The van der Waals surface area contributed by atoms with E-state index in [9.17, 15) is 14.4 Å². The maximum absolute atomic E-state index is 10.9. The minimum absolute atomic E-state index is 0.0305. The molecule has 0 spiro atoms. The number of aromatic nitrogens is 1. The summed E-state index contributed by atoms with van der Waals surface area (Å²) in [6.07, 6.45) is 0.452. The molecule has 1 aromatic heterocycles. The molecule has 1 rings (SSSR count). The molecule has 0 aliphatic heterocycles. The maximum Gasteiger partial charge on any atom is 0.354 e. The summed E-state index contributed by atoms with van der Waals surface area (Å²) >= 11 is 0. The van der Waals surface area contributed by atoms with E-state index >= 15 is 0 Å². The van der Waals surface area contributed by atoms with Gasteiger partial charge in [-0.05, 0) is 0 Å². The van der Waals surface area contributed by atoms with Crippen LogP contribution in [-0.2, 0) is 4.74 Å². The van der Waals surface area contributed by atoms with Crippen molar-refractivity contribution in [3.8, 4) is 0 Å². The van der Waals surface area contributed by atoms with Crippen LogP contribution in [0.5, 0.6) is 0 Å². The Labute approximate surface area is 73.3 Å². The van der Waals surface area contributed by atoms with Crippen molar-refractivity contribution in [3.05, 3.63) is 33.7 Å². The zero-order valence-corrected chi connectivity index (χ0v) is 6.87. The van der Waals surface area contributed by atoms with Crippen molar-refractivity contribution < 1.29 is 14.3 Å². The maximum atomic E-state index is 10.9. The van der Waals surface area contributed by atoms with Gasteiger partial charge in [0.15, 0.2) is 11.7 Å². The lowest BCUT2D eigenvalue weighted by Crippen LogP contribution is -2.12. The molecule has 0 amide bonds.